The predicted octanol–water partition coefficient (Wildman–Crippen LogP) is 3.22. The number of H-pyrrole nitrogens is 1. The van der Waals surface area contributed by atoms with Crippen molar-refractivity contribution >= 4 is 22.9 Å². The van der Waals surface area contributed by atoms with Crippen molar-refractivity contribution in [2.75, 3.05) is 5.32 Å². The van der Waals surface area contributed by atoms with Crippen molar-refractivity contribution in [3.63, 3.8) is 0 Å². The lowest BCUT2D eigenvalue weighted by atomic mass is 10.2. The molecule has 0 aromatic carbocycles. The van der Waals surface area contributed by atoms with E-state index in [0.29, 0.717) is 5.82 Å². The van der Waals surface area contributed by atoms with Crippen LogP contribution in [0.5, 0.6) is 0 Å². The molecule has 1 amide bonds. The third kappa shape index (κ3) is 3.00. The third-order valence-electron chi connectivity index (χ3n) is 2.24. The number of anilines is 1. The number of nitrogens with zero attached hydrogens (tertiary/aromatic N) is 1. The van der Waals surface area contributed by atoms with Crippen LogP contribution in [0.1, 0.15) is 26.5 Å². The Morgan fingerprint density at radius 2 is 2.11 bits per heavy atom. The van der Waals surface area contributed by atoms with Gasteiger partial charge in [0.05, 0.1) is 11.0 Å². The minimum Gasteiger partial charge on any atom is -0.444 e. The number of aromatic nitrogens is 2. The maximum absolute atomic E-state index is 11.6. The fourth-order valence-electron chi connectivity index (χ4n) is 1.62. The number of hydrogen-bond donors (Lipinski definition) is 2. The average Bonchev–Trinajstić information content (AvgIpc) is 2.53. The van der Waals surface area contributed by atoms with Gasteiger partial charge < -0.3 is 9.72 Å². The van der Waals surface area contributed by atoms with Crippen molar-refractivity contribution in [2.45, 2.75) is 33.3 Å². The van der Waals surface area contributed by atoms with E-state index >= 15 is 0 Å². The van der Waals surface area contributed by atoms with Crippen molar-refractivity contribution in [1.29, 1.82) is 0 Å². The molecule has 0 aliphatic heterocycles. The molecular formula is C13H17N3O2. The topological polar surface area (TPSA) is 67.0 Å². The molecule has 0 fully saturated rings. The van der Waals surface area contributed by atoms with E-state index in [1.165, 1.54) is 0 Å². The maximum atomic E-state index is 11.6. The van der Waals surface area contributed by atoms with Crippen molar-refractivity contribution in [3.05, 3.63) is 23.9 Å². The number of aromatic amines is 1. The third-order valence-corrected chi connectivity index (χ3v) is 2.24. The van der Waals surface area contributed by atoms with Crippen LogP contribution in [0.2, 0.25) is 0 Å². The molecule has 2 heterocycles. The van der Waals surface area contributed by atoms with E-state index in [1.807, 2.05) is 39.8 Å². The number of rotatable bonds is 1. The monoisotopic (exact) mass is 247 g/mol. The Bertz CT molecular complexity index is 581. The van der Waals surface area contributed by atoms with Gasteiger partial charge in [-0.05, 0) is 45.9 Å². The Morgan fingerprint density at radius 1 is 1.39 bits per heavy atom. The number of hydrogen-bond acceptors (Lipinski definition) is 3. The van der Waals surface area contributed by atoms with Gasteiger partial charge in [0.25, 0.3) is 0 Å². The first-order valence-electron chi connectivity index (χ1n) is 5.80. The molecule has 0 aliphatic rings. The van der Waals surface area contributed by atoms with Gasteiger partial charge in [0.15, 0.2) is 0 Å². The molecular weight excluding hydrogens is 230 g/mol. The van der Waals surface area contributed by atoms with Crippen LogP contribution < -0.4 is 5.32 Å². The lowest BCUT2D eigenvalue weighted by molar-refractivity contribution is 0.0635. The largest absolute Gasteiger partial charge is 0.444 e. The molecule has 18 heavy (non-hydrogen) atoms. The molecule has 0 bridgehead atoms. The summed E-state index contributed by atoms with van der Waals surface area (Å²) in [5, 5.41) is 2.61. The summed E-state index contributed by atoms with van der Waals surface area (Å²) in [7, 11) is 0. The number of carbonyl (C=O) groups is 1. The summed E-state index contributed by atoms with van der Waals surface area (Å²) in [5.41, 5.74) is 2.29. The van der Waals surface area contributed by atoms with Gasteiger partial charge in [-0.2, -0.15) is 0 Å². The van der Waals surface area contributed by atoms with Gasteiger partial charge in [0.1, 0.15) is 11.4 Å². The number of fused-ring (bicyclic) bond motifs is 1. The summed E-state index contributed by atoms with van der Waals surface area (Å²) in [4.78, 5) is 19.1. The molecule has 0 radical (unpaired) electrons. The van der Waals surface area contributed by atoms with Crippen LogP contribution in [-0.2, 0) is 4.74 Å². The first-order valence-corrected chi connectivity index (χ1v) is 5.80. The molecule has 2 rings (SSSR count). The number of aryl methyl sites for hydroxylation is 1. The van der Waals surface area contributed by atoms with Gasteiger partial charge >= 0.3 is 6.09 Å². The van der Waals surface area contributed by atoms with Gasteiger partial charge in [-0.15, -0.1) is 0 Å². The minimum atomic E-state index is -0.515. The van der Waals surface area contributed by atoms with Gasteiger partial charge in [-0.1, -0.05) is 0 Å². The predicted molar refractivity (Wildman–Crippen MR) is 70.7 cm³/mol. The summed E-state index contributed by atoms with van der Waals surface area (Å²) in [6.45, 7) is 7.42. The van der Waals surface area contributed by atoms with Crippen molar-refractivity contribution in [2.24, 2.45) is 0 Å². The Morgan fingerprint density at radius 3 is 2.78 bits per heavy atom. The molecule has 96 valence electrons. The van der Waals surface area contributed by atoms with Gasteiger partial charge in [-0.25, -0.2) is 9.78 Å². The number of pyridine rings is 1. The zero-order valence-corrected chi connectivity index (χ0v) is 11.0. The highest BCUT2D eigenvalue weighted by molar-refractivity contribution is 5.86. The fourth-order valence-corrected chi connectivity index (χ4v) is 1.62. The molecule has 2 N–H and O–H groups in total. The summed E-state index contributed by atoms with van der Waals surface area (Å²) in [5.74, 6) is 0.482. The van der Waals surface area contributed by atoms with Gasteiger partial charge in [0, 0.05) is 5.69 Å². The van der Waals surface area contributed by atoms with Crippen LogP contribution in [-0.4, -0.2) is 21.7 Å². The van der Waals surface area contributed by atoms with E-state index in [0.717, 1.165) is 16.7 Å². The summed E-state index contributed by atoms with van der Waals surface area (Å²) in [6.07, 6.45) is -0.499. The molecule has 0 unspecified atom stereocenters. The van der Waals surface area contributed by atoms with Crippen LogP contribution in [0.15, 0.2) is 18.2 Å². The summed E-state index contributed by atoms with van der Waals surface area (Å²) in [6, 6.07) is 5.54. The first kappa shape index (κ1) is 12.4. The van der Waals surface area contributed by atoms with Crippen LogP contribution in [0.4, 0.5) is 10.6 Å². The highest BCUT2D eigenvalue weighted by Crippen LogP contribution is 2.16. The molecule has 0 atom stereocenters. The highest BCUT2D eigenvalue weighted by Gasteiger charge is 2.16. The quantitative estimate of drug-likeness (QED) is 0.813. The van der Waals surface area contributed by atoms with E-state index in [4.69, 9.17) is 4.74 Å². The van der Waals surface area contributed by atoms with Crippen LogP contribution in [0, 0.1) is 6.92 Å². The lowest BCUT2D eigenvalue weighted by Crippen LogP contribution is -2.27. The maximum Gasteiger partial charge on any atom is 0.413 e. The van der Waals surface area contributed by atoms with Gasteiger partial charge in [-0.3, -0.25) is 5.32 Å². The molecule has 0 saturated heterocycles. The molecule has 0 aliphatic carbocycles. The Balaban J connectivity index is 2.14. The van der Waals surface area contributed by atoms with Crippen molar-refractivity contribution in [3.8, 4) is 0 Å². The van der Waals surface area contributed by atoms with E-state index in [9.17, 15) is 4.79 Å². The zero-order chi connectivity index (χ0) is 13.3. The fraction of sp³-hybridized carbons (Fsp3) is 0.385. The molecule has 0 saturated carbocycles. The number of amides is 1. The molecule has 0 spiro atoms. The minimum absolute atomic E-state index is 0.482. The summed E-state index contributed by atoms with van der Waals surface area (Å²) >= 11 is 0. The SMILES string of the molecule is Cc1cc2nc(NC(=O)OC(C)(C)C)ccc2[nH]1. The van der Waals surface area contributed by atoms with Crippen LogP contribution in [0.25, 0.3) is 11.0 Å². The van der Waals surface area contributed by atoms with Crippen LogP contribution in [0.3, 0.4) is 0 Å². The normalized spacial score (nSPS) is 11.6. The Kier molecular flexibility index (Phi) is 2.98. The standard InChI is InChI=1S/C13H17N3O2/c1-8-7-10-9(14-8)5-6-11(15-10)16-12(17)18-13(2,3)4/h5-7,14H,1-4H3,(H,15,16,17). The number of carbonyl (C=O) groups excluding carboxylic acids is 1. The average molecular weight is 247 g/mol. The number of ether oxygens (including phenoxy) is 1. The number of nitrogens with one attached hydrogen (secondary N) is 2. The Labute approximate surface area is 106 Å². The van der Waals surface area contributed by atoms with Crippen molar-refractivity contribution in [1.82, 2.24) is 9.97 Å². The van der Waals surface area contributed by atoms with Gasteiger partial charge in [0.2, 0.25) is 0 Å². The molecule has 5 heteroatoms. The van der Waals surface area contributed by atoms with Crippen molar-refractivity contribution < 1.29 is 9.53 Å². The second-order valence-corrected chi connectivity index (χ2v) is 5.21. The second-order valence-electron chi connectivity index (χ2n) is 5.21. The van der Waals surface area contributed by atoms with E-state index in [2.05, 4.69) is 15.3 Å². The van der Waals surface area contributed by atoms with Crippen LogP contribution >= 0.6 is 0 Å². The van der Waals surface area contributed by atoms with E-state index in [1.54, 1.807) is 6.07 Å². The lowest BCUT2D eigenvalue weighted by Gasteiger charge is -2.19. The molecule has 2 aromatic heterocycles. The second kappa shape index (κ2) is 4.33. The molecule has 2 aromatic rings. The zero-order valence-electron chi connectivity index (χ0n) is 11.0. The summed E-state index contributed by atoms with van der Waals surface area (Å²) < 4.78 is 5.16. The molecule has 5 nitrogen and oxygen atoms in total. The first-order chi connectivity index (χ1) is 8.33. The smallest absolute Gasteiger partial charge is 0.413 e. The van der Waals surface area contributed by atoms with E-state index in [-0.39, 0.29) is 0 Å². The highest BCUT2D eigenvalue weighted by atomic mass is 16.6. The Hall–Kier alpha value is -2.04. The van der Waals surface area contributed by atoms with E-state index < -0.39 is 11.7 Å².